The second-order valence-electron chi connectivity index (χ2n) is 7.73. The topological polar surface area (TPSA) is 120 Å². The molecule has 4 N–H and O–H groups in total. The van der Waals surface area contributed by atoms with Gasteiger partial charge < -0.3 is 25.6 Å². The predicted octanol–water partition coefficient (Wildman–Crippen LogP) is 1.48. The van der Waals surface area contributed by atoms with Crippen molar-refractivity contribution in [3.63, 3.8) is 0 Å². The van der Waals surface area contributed by atoms with Gasteiger partial charge in [-0.3, -0.25) is 10.1 Å². The average molecular weight is 389 g/mol. The van der Waals surface area contributed by atoms with Gasteiger partial charge in [0.15, 0.2) is 0 Å². The van der Waals surface area contributed by atoms with Gasteiger partial charge in [0, 0.05) is 18.8 Å². The SMILES string of the molecule is COC1([N+](=O)[O-])CC2=C(C=C1N)OC(C)(C)C(O)C2NCCc1ccccc1. The van der Waals surface area contributed by atoms with E-state index in [1.54, 1.807) is 13.8 Å². The lowest BCUT2D eigenvalue weighted by molar-refractivity contribution is -0.614. The fraction of sp³-hybridized carbons (Fsp3) is 0.500. The van der Waals surface area contributed by atoms with E-state index in [9.17, 15) is 15.2 Å². The molecule has 152 valence electrons. The number of ether oxygens (including phenoxy) is 2. The number of methoxy groups -OCH3 is 1. The highest BCUT2D eigenvalue weighted by molar-refractivity contribution is 5.39. The maximum absolute atomic E-state index is 11.7. The van der Waals surface area contributed by atoms with Crippen LogP contribution in [0.15, 0.2) is 53.4 Å². The van der Waals surface area contributed by atoms with Gasteiger partial charge in [0.2, 0.25) is 0 Å². The molecule has 1 aliphatic heterocycles. The largest absolute Gasteiger partial charge is 0.485 e. The van der Waals surface area contributed by atoms with E-state index < -0.39 is 28.4 Å². The van der Waals surface area contributed by atoms with Crippen LogP contribution in [0.1, 0.15) is 25.8 Å². The van der Waals surface area contributed by atoms with Gasteiger partial charge in [-0.05, 0) is 32.4 Å². The Morgan fingerprint density at radius 1 is 1.39 bits per heavy atom. The summed E-state index contributed by atoms with van der Waals surface area (Å²) in [6, 6.07) is 9.45. The summed E-state index contributed by atoms with van der Waals surface area (Å²) < 4.78 is 11.1. The Balaban J connectivity index is 1.88. The van der Waals surface area contributed by atoms with Crippen molar-refractivity contribution in [3.8, 4) is 0 Å². The lowest BCUT2D eigenvalue weighted by Crippen LogP contribution is -2.59. The molecule has 0 amide bonds. The van der Waals surface area contributed by atoms with Gasteiger partial charge in [-0.25, -0.2) is 0 Å². The number of rotatable bonds is 6. The summed E-state index contributed by atoms with van der Waals surface area (Å²) in [6.07, 6.45) is 1.22. The molecule has 3 rings (SSSR count). The highest BCUT2D eigenvalue weighted by Crippen LogP contribution is 2.42. The molecule has 1 aromatic rings. The van der Waals surface area contributed by atoms with E-state index in [0.717, 1.165) is 12.0 Å². The summed E-state index contributed by atoms with van der Waals surface area (Å²) >= 11 is 0. The van der Waals surface area contributed by atoms with Crippen molar-refractivity contribution in [2.24, 2.45) is 5.73 Å². The number of aliphatic hydroxyl groups is 1. The van der Waals surface area contributed by atoms with Gasteiger partial charge in [-0.2, -0.15) is 0 Å². The van der Waals surface area contributed by atoms with Crippen LogP contribution >= 0.6 is 0 Å². The summed E-state index contributed by atoms with van der Waals surface area (Å²) in [4.78, 5) is 11.2. The van der Waals surface area contributed by atoms with Crippen LogP contribution in [0.2, 0.25) is 0 Å². The van der Waals surface area contributed by atoms with Gasteiger partial charge in [0.25, 0.3) is 0 Å². The number of hydrogen-bond acceptors (Lipinski definition) is 7. The molecule has 3 unspecified atom stereocenters. The molecular formula is C20H27N3O5. The molecule has 8 nitrogen and oxygen atoms in total. The Kier molecular flexibility index (Phi) is 5.47. The van der Waals surface area contributed by atoms with Crippen molar-refractivity contribution in [1.29, 1.82) is 0 Å². The van der Waals surface area contributed by atoms with E-state index in [1.165, 1.54) is 13.2 Å². The zero-order chi connectivity index (χ0) is 20.5. The maximum Gasteiger partial charge on any atom is 0.369 e. The van der Waals surface area contributed by atoms with Crippen LogP contribution in [0.5, 0.6) is 0 Å². The molecule has 1 heterocycles. The third-order valence-corrected chi connectivity index (χ3v) is 5.51. The number of benzene rings is 1. The Bertz CT molecular complexity index is 805. The minimum absolute atomic E-state index is 0.0195. The molecule has 0 aromatic heterocycles. The Morgan fingerprint density at radius 3 is 2.68 bits per heavy atom. The van der Waals surface area contributed by atoms with Gasteiger partial charge in [0.05, 0.1) is 17.4 Å². The first-order chi connectivity index (χ1) is 13.2. The Hall–Kier alpha value is -2.42. The molecular weight excluding hydrogens is 362 g/mol. The standard InChI is InChI=1S/C20H27N3O5/c1-19(2)18(24)17(22-10-9-13-7-5-4-6-8-13)14-12-20(27-3,23(25)26)16(21)11-15(14)28-19/h4-8,11,17-18,22,24H,9-10,12,21H2,1-3H3. The molecule has 8 heteroatoms. The van der Waals surface area contributed by atoms with E-state index in [2.05, 4.69) is 5.32 Å². The summed E-state index contributed by atoms with van der Waals surface area (Å²) in [6.45, 7) is 4.16. The molecule has 3 atom stereocenters. The second-order valence-corrected chi connectivity index (χ2v) is 7.73. The lowest BCUT2D eigenvalue weighted by atomic mass is 9.80. The molecule has 28 heavy (non-hydrogen) atoms. The summed E-state index contributed by atoms with van der Waals surface area (Å²) in [5, 5.41) is 26.0. The number of nitrogens with two attached hydrogens (primary N) is 1. The third kappa shape index (κ3) is 3.50. The fourth-order valence-electron chi connectivity index (χ4n) is 3.77. The number of nitrogens with zero attached hydrogens (tertiary/aromatic N) is 1. The van der Waals surface area contributed by atoms with Gasteiger partial charge in [0.1, 0.15) is 23.2 Å². The minimum Gasteiger partial charge on any atom is -0.485 e. The van der Waals surface area contributed by atoms with E-state index in [4.69, 9.17) is 15.2 Å². The molecule has 1 aromatic carbocycles. The van der Waals surface area contributed by atoms with Crippen LogP contribution < -0.4 is 11.1 Å². The third-order valence-electron chi connectivity index (χ3n) is 5.51. The minimum atomic E-state index is -1.86. The fourth-order valence-corrected chi connectivity index (χ4v) is 3.77. The zero-order valence-corrected chi connectivity index (χ0v) is 16.3. The van der Waals surface area contributed by atoms with Crippen molar-refractivity contribution >= 4 is 0 Å². The normalized spacial score (nSPS) is 28.9. The number of aliphatic hydroxyl groups excluding tert-OH is 1. The highest BCUT2D eigenvalue weighted by Gasteiger charge is 2.55. The molecule has 0 radical (unpaired) electrons. The van der Waals surface area contributed by atoms with Gasteiger partial charge >= 0.3 is 5.72 Å². The van der Waals surface area contributed by atoms with E-state index in [1.807, 2.05) is 30.3 Å². The molecule has 1 aliphatic carbocycles. The quantitative estimate of drug-likeness (QED) is 0.383. The number of nitro groups is 1. The highest BCUT2D eigenvalue weighted by atomic mass is 16.7. The number of nitrogens with one attached hydrogen (secondary N) is 1. The van der Waals surface area contributed by atoms with Gasteiger partial charge in [-0.15, -0.1) is 0 Å². The van der Waals surface area contributed by atoms with Crippen molar-refractivity contribution in [2.75, 3.05) is 13.7 Å². The first kappa shape index (κ1) is 20.3. The Morgan fingerprint density at radius 2 is 2.07 bits per heavy atom. The lowest BCUT2D eigenvalue weighted by Gasteiger charge is -2.45. The van der Waals surface area contributed by atoms with Crippen molar-refractivity contribution in [2.45, 2.75) is 50.2 Å². The zero-order valence-electron chi connectivity index (χ0n) is 16.3. The molecule has 0 spiro atoms. The summed E-state index contributed by atoms with van der Waals surface area (Å²) in [5.74, 6) is 0.458. The monoisotopic (exact) mass is 389 g/mol. The van der Waals surface area contributed by atoms with Gasteiger partial charge in [-0.1, -0.05) is 30.3 Å². The molecule has 0 saturated heterocycles. The van der Waals surface area contributed by atoms with Crippen LogP contribution in [0.3, 0.4) is 0 Å². The average Bonchev–Trinajstić information content (AvgIpc) is 2.65. The molecule has 0 bridgehead atoms. The van der Waals surface area contributed by atoms with Crippen LogP contribution in [0, 0.1) is 10.1 Å². The van der Waals surface area contributed by atoms with E-state index in [-0.39, 0.29) is 12.1 Å². The van der Waals surface area contributed by atoms with E-state index in [0.29, 0.717) is 17.9 Å². The second kappa shape index (κ2) is 7.54. The summed E-state index contributed by atoms with van der Waals surface area (Å²) in [7, 11) is 1.26. The molecule has 2 aliphatic rings. The van der Waals surface area contributed by atoms with Crippen molar-refractivity contribution in [3.05, 3.63) is 69.1 Å². The molecule has 0 saturated carbocycles. The van der Waals surface area contributed by atoms with Crippen molar-refractivity contribution < 1.29 is 19.5 Å². The number of allylic oxidation sites excluding steroid dienone is 1. The summed E-state index contributed by atoms with van der Waals surface area (Å²) in [5.41, 5.74) is 4.98. The van der Waals surface area contributed by atoms with Crippen LogP contribution in [0.4, 0.5) is 0 Å². The van der Waals surface area contributed by atoms with E-state index >= 15 is 0 Å². The predicted molar refractivity (Wildman–Crippen MR) is 104 cm³/mol. The maximum atomic E-state index is 11.7. The first-order valence-electron chi connectivity index (χ1n) is 9.26. The van der Waals surface area contributed by atoms with Crippen LogP contribution in [-0.2, 0) is 15.9 Å². The molecule has 0 fully saturated rings. The smallest absolute Gasteiger partial charge is 0.369 e. The van der Waals surface area contributed by atoms with Crippen molar-refractivity contribution in [1.82, 2.24) is 5.32 Å². The van der Waals surface area contributed by atoms with Crippen LogP contribution in [0.25, 0.3) is 0 Å². The van der Waals surface area contributed by atoms with Crippen LogP contribution in [-0.4, -0.2) is 47.2 Å². The number of hydrogen-bond donors (Lipinski definition) is 3. The Labute approximate surface area is 164 Å². The first-order valence-corrected chi connectivity index (χ1v) is 9.26.